The molecular weight excluding hydrogens is 258 g/mol. The third kappa shape index (κ3) is 3.20. The van der Waals surface area contributed by atoms with E-state index in [1.807, 2.05) is 12.1 Å². The average Bonchev–Trinajstić information content (AvgIpc) is 2.47. The van der Waals surface area contributed by atoms with Crippen LogP contribution in [0.5, 0.6) is 0 Å². The fourth-order valence-corrected chi connectivity index (χ4v) is 2.29. The maximum atomic E-state index is 14.1. The highest BCUT2D eigenvalue weighted by atomic mass is 19.1. The highest BCUT2D eigenvalue weighted by Gasteiger charge is 2.20. The largest absolute Gasteiger partial charge is 0.313 e. The van der Waals surface area contributed by atoms with Gasteiger partial charge in [0.2, 0.25) is 0 Å². The van der Waals surface area contributed by atoms with Crippen molar-refractivity contribution >= 4 is 0 Å². The van der Waals surface area contributed by atoms with Crippen LogP contribution < -0.4 is 5.32 Å². The van der Waals surface area contributed by atoms with Gasteiger partial charge in [-0.2, -0.15) is 0 Å². The minimum Gasteiger partial charge on any atom is -0.313 e. The number of benzene rings is 1. The topological polar surface area (TPSA) is 24.9 Å². The van der Waals surface area contributed by atoms with Crippen LogP contribution in [0.15, 0.2) is 36.7 Å². The molecule has 106 valence electrons. The first-order valence-electron chi connectivity index (χ1n) is 6.64. The number of rotatable bonds is 5. The van der Waals surface area contributed by atoms with Gasteiger partial charge in [-0.15, -0.1) is 0 Å². The molecule has 0 aliphatic heterocycles. The van der Waals surface area contributed by atoms with Crippen LogP contribution in [-0.2, 0) is 6.42 Å². The quantitative estimate of drug-likeness (QED) is 0.903. The van der Waals surface area contributed by atoms with Crippen molar-refractivity contribution in [3.8, 4) is 0 Å². The molecule has 2 rings (SSSR count). The van der Waals surface area contributed by atoms with Gasteiger partial charge in [0.05, 0.1) is 0 Å². The molecule has 20 heavy (non-hydrogen) atoms. The van der Waals surface area contributed by atoms with E-state index < -0.39 is 11.6 Å². The number of hydrogen-bond donors (Lipinski definition) is 1. The lowest BCUT2D eigenvalue weighted by Crippen LogP contribution is -2.20. The standard InChI is InChI=1S/C16H18F2N2/c1-11-3-5-13(17)15(16(11)18)14(19-2)6-4-12-7-9-20-10-8-12/h3,5,7-10,14,19H,4,6H2,1-2H3. The zero-order valence-electron chi connectivity index (χ0n) is 11.7. The molecule has 0 aliphatic rings. The summed E-state index contributed by atoms with van der Waals surface area (Å²) in [5.41, 5.74) is 1.70. The molecular formula is C16H18F2N2. The summed E-state index contributed by atoms with van der Waals surface area (Å²) in [4.78, 5) is 3.96. The van der Waals surface area contributed by atoms with Crippen LogP contribution in [0, 0.1) is 18.6 Å². The van der Waals surface area contributed by atoms with Crippen LogP contribution in [0.3, 0.4) is 0 Å². The number of pyridine rings is 1. The molecule has 1 aromatic heterocycles. The summed E-state index contributed by atoms with van der Waals surface area (Å²) >= 11 is 0. The SMILES string of the molecule is CNC(CCc1ccncc1)c1c(F)ccc(C)c1F. The van der Waals surface area contributed by atoms with E-state index in [0.717, 1.165) is 12.0 Å². The molecule has 2 nitrogen and oxygen atoms in total. The predicted molar refractivity (Wildman–Crippen MR) is 75.5 cm³/mol. The van der Waals surface area contributed by atoms with Crippen LogP contribution in [0.2, 0.25) is 0 Å². The van der Waals surface area contributed by atoms with Crippen LogP contribution in [0.1, 0.15) is 29.2 Å². The number of nitrogens with one attached hydrogen (secondary N) is 1. The van der Waals surface area contributed by atoms with E-state index in [0.29, 0.717) is 12.0 Å². The molecule has 0 aliphatic carbocycles. The van der Waals surface area contributed by atoms with Crippen LogP contribution in [-0.4, -0.2) is 12.0 Å². The van der Waals surface area contributed by atoms with E-state index in [1.165, 1.54) is 12.1 Å². The summed E-state index contributed by atoms with van der Waals surface area (Å²) in [5.74, 6) is -0.957. The third-order valence-electron chi connectivity index (χ3n) is 3.49. The van der Waals surface area contributed by atoms with Gasteiger partial charge in [-0.3, -0.25) is 4.98 Å². The van der Waals surface area contributed by atoms with Crippen molar-refractivity contribution in [3.05, 3.63) is 65.0 Å². The number of aromatic nitrogens is 1. The van der Waals surface area contributed by atoms with Crippen molar-refractivity contribution in [2.24, 2.45) is 0 Å². The lowest BCUT2D eigenvalue weighted by atomic mass is 9.97. The summed E-state index contributed by atoms with van der Waals surface area (Å²) in [6.45, 7) is 1.65. The number of nitrogens with zero attached hydrogens (tertiary/aromatic N) is 1. The first-order valence-corrected chi connectivity index (χ1v) is 6.64. The van der Waals surface area contributed by atoms with Gasteiger partial charge in [0.15, 0.2) is 0 Å². The second-order valence-electron chi connectivity index (χ2n) is 4.83. The Labute approximate surface area is 117 Å². The normalized spacial score (nSPS) is 12.4. The van der Waals surface area contributed by atoms with Gasteiger partial charge in [0.1, 0.15) is 11.6 Å². The Balaban J connectivity index is 2.19. The van der Waals surface area contributed by atoms with Gasteiger partial charge in [-0.25, -0.2) is 8.78 Å². The van der Waals surface area contributed by atoms with Crippen molar-refractivity contribution in [1.29, 1.82) is 0 Å². The first-order chi connectivity index (χ1) is 9.63. The van der Waals surface area contributed by atoms with E-state index in [4.69, 9.17) is 0 Å². The van der Waals surface area contributed by atoms with Crippen molar-refractivity contribution in [1.82, 2.24) is 10.3 Å². The van der Waals surface area contributed by atoms with Crippen molar-refractivity contribution in [2.45, 2.75) is 25.8 Å². The number of hydrogen-bond acceptors (Lipinski definition) is 2. The summed E-state index contributed by atoms with van der Waals surface area (Å²) < 4.78 is 28.0. The van der Waals surface area contributed by atoms with Crippen LogP contribution in [0.25, 0.3) is 0 Å². The molecule has 0 radical (unpaired) electrons. The molecule has 1 atom stereocenters. The smallest absolute Gasteiger partial charge is 0.133 e. The fraction of sp³-hybridized carbons (Fsp3) is 0.312. The minimum atomic E-state index is -0.498. The lowest BCUT2D eigenvalue weighted by molar-refractivity contribution is 0.469. The highest BCUT2D eigenvalue weighted by molar-refractivity contribution is 5.29. The third-order valence-corrected chi connectivity index (χ3v) is 3.49. The Morgan fingerprint density at radius 1 is 1.15 bits per heavy atom. The second kappa shape index (κ2) is 6.57. The Hall–Kier alpha value is -1.81. The molecule has 1 N–H and O–H groups in total. The summed E-state index contributed by atoms with van der Waals surface area (Å²) in [6, 6.07) is 6.27. The van der Waals surface area contributed by atoms with Gasteiger partial charge < -0.3 is 5.32 Å². The molecule has 2 aromatic rings. The van der Waals surface area contributed by atoms with E-state index in [-0.39, 0.29) is 11.6 Å². The number of aryl methyl sites for hydroxylation is 2. The Bertz CT molecular complexity index is 570. The van der Waals surface area contributed by atoms with Gasteiger partial charge in [-0.1, -0.05) is 6.07 Å². The molecule has 4 heteroatoms. The molecule has 1 unspecified atom stereocenters. The minimum absolute atomic E-state index is 0.126. The zero-order chi connectivity index (χ0) is 14.5. The monoisotopic (exact) mass is 276 g/mol. The van der Waals surface area contributed by atoms with Gasteiger partial charge in [-0.05, 0) is 56.1 Å². The molecule has 0 spiro atoms. The van der Waals surface area contributed by atoms with Gasteiger partial charge >= 0.3 is 0 Å². The zero-order valence-corrected chi connectivity index (χ0v) is 11.7. The average molecular weight is 276 g/mol. The number of halogens is 2. The first kappa shape index (κ1) is 14.6. The van der Waals surface area contributed by atoms with E-state index in [1.54, 1.807) is 26.4 Å². The Morgan fingerprint density at radius 2 is 1.85 bits per heavy atom. The molecule has 0 amide bonds. The maximum Gasteiger partial charge on any atom is 0.133 e. The highest BCUT2D eigenvalue weighted by Crippen LogP contribution is 2.26. The fourth-order valence-electron chi connectivity index (χ4n) is 2.29. The Morgan fingerprint density at radius 3 is 2.50 bits per heavy atom. The molecule has 0 saturated carbocycles. The van der Waals surface area contributed by atoms with Gasteiger partial charge in [0, 0.05) is 24.0 Å². The van der Waals surface area contributed by atoms with Crippen LogP contribution >= 0.6 is 0 Å². The maximum absolute atomic E-state index is 14.1. The van der Waals surface area contributed by atoms with E-state index in [9.17, 15) is 8.78 Å². The van der Waals surface area contributed by atoms with Crippen molar-refractivity contribution in [2.75, 3.05) is 7.05 Å². The molecule has 0 fully saturated rings. The van der Waals surface area contributed by atoms with E-state index in [2.05, 4.69) is 10.3 Å². The lowest BCUT2D eigenvalue weighted by Gasteiger charge is -2.19. The Kier molecular flexibility index (Phi) is 4.79. The van der Waals surface area contributed by atoms with Crippen molar-refractivity contribution < 1.29 is 8.78 Å². The second-order valence-corrected chi connectivity index (χ2v) is 4.83. The molecule has 0 saturated heterocycles. The van der Waals surface area contributed by atoms with Crippen molar-refractivity contribution in [3.63, 3.8) is 0 Å². The predicted octanol–water partition coefficient (Wildman–Crippen LogP) is 3.56. The summed E-state index contributed by atoms with van der Waals surface area (Å²) in [5, 5.41) is 3.00. The van der Waals surface area contributed by atoms with Crippen LogP contribution in [0.4, 0.5) is 8.78 Å². The molecule has 1 aromatic carbocycles. The molecule has 0 bridgehead atoms. The van der Waals surface area contributed by atoms with Gasteiger partial charge in [0.25, 0.3) is 0 Å². The van der Waals surface area contributed by atoms with E-state index >= 15 is 0 Å². The summed E-state index contributed by atoms with van der Waals surface area (Å²) in [6.07, 6.45) is 4.80. The summed E-state index contributed by atoms with van der Waals surface area (Å²) in [7, 11) is 1.72. The molecule has 1 heterocycles.